The largest absolute Gasteiger partial charge is 0.490 e. The second-order valence-corrected chi connectivity index (χ2v) is 12.3. The van der Waals surface area contributed by atoms with Crippen LogP contribution in [0.25, 0.3) is 11.3 Å². The predicted molar refractivity (Wildman–Crippen MR) is 170 cm³/mol. The van der Waals surface area contributed by atoms with Gasteiger partial charge in [-0.05, 0) is 56.4 Å². The Balaban J connectivity index is 1.71. The van der Waals surface area contributed by atoms with E-state index in [9.17, 15) is 35.9 Å². The number of ether oxygens (including phenoxy) is 1. The third-order valence-electron chi connectivity index (χ3n) is 8.06. The topological polar surface area (TPSA) is 89.8 Å². The first-order valence-corrected chi connectivity index (χ1v) is 15.3. The monoisotopic (exact) mass is 727 g/mol. The fourth-order valence-electron chi connectivity index (χ4n) is 5.46. The van der Waals surface area contributed by atoms with Gasteiger partial charge in [-0.15, -0.1) is 0 Å². The lowest BCUT2D eigenvalue weighted by Crippen LogP contribution is -2.54. The Labute approximate surface area is 286 Å². The molecule has 0 radical (unpaired) electrons. The molecule has 3 aromatic rings. The van der Waals surface area contributed by atoms with Crippen molar-refractivity contribution in [3.63, 3.8) is 0 Å². The third kappa shape index (κ3) is 7.80. The summed E-state index contributed by atoms with van der Waals surface area (Å²) in [6.07, 6.45) is -8.63. The maximum Gasteiger partial charge on any atom is 0.420 e. The van der Waals surface area contributed by atoms with Gasteiger partial charge in [-0.1, -0.05) is 0 Å². The molecule has 1 aliphatic heterocycles. The van der Waals surface area contributed by atoms with Crippen molar-refractivity contribution in [1.82, 2.24) is 9.88 Å². The van der Waals surface area contributed by atoms with Gasteiger partial charge in [0, 0.05) is 51.5 Å². The summed E-state index contributed by atoms with van der Waals surface area (Å²) in [5.74, 6) is -3.37. The molecule has 1 amide bonds. The van der Waals surface area contributed by atoms with Gasteiger partial charge in [-0.3, -0.25) is 9.78 Å². The van der Waals surface area contributed by atoms with Crippen molar-refractivity contribution < 1.29 is 49.4 Å². The van der Waals surface area contributed by atoms with Crippen LogP contribution in [0.15, 0.2) is 42.6 Å². The minimum Gasteiger partial charge on any atom is -0.490 e. The first-order valence-electron chi connectivity index (χ1n) is 14.8. The van der Waals surface area contributed by atoms with Crippen molar-refractivity contribution in [2.24, 2.45) is 0 Å². The van der Waals surface area contributed by atoms with Crippen LogP contribution in [-0.4, -0.2) is 59.0 Å². The number of carbonyl (C=O) groups is 2. The molecule has 1 fully saturated rings. The zero-order chi connectivity index (χ0) is 37.3. The van der Waals surface area contributed by atoms with Crippen LogP contribution in [0.2, 0.25) is 0 Å². The highest BCUT2D eigenvalue weighted by molar-refractivity contribution is 7.80. The van der Waals surface area contributed by atoms with Crippen LogP contribution >= 0.6 is 12.2 Å². The van der Waals surface area contributed by atoms with Crippen LogP contribution in [0.4, 0.5) is 46.5 Å². The van der Waals surface area contributed by atoms with E-state index in [1.54, 1.807) is 4.90 Å². The summed E-state index contributed by atoms with van der Waals surface area (Å²) in [6.45, 7) is 4.76. The van der Waals surface area contributed by atoms with Crippen molar-refractivity contribution in [1.29, 1.82) is 5.26 Å². The molecule has 1 aromatic heterocycles. The summed E-state index contributed by atoms with van der Waals surface area (Å²) in [5, 5.41) is 8.58. The van der Waals surface area contributed by atoms with E-state index in [-0.39, 0.29) is 17.3 Å². The summed E-state index contributed by atoms with van der Waals surface area (Å²) in [6, 6.07) is 6.54. The standard InChI is InChI=1S/C33H29F8N5O3S/c1-18(48)45-11-9-21(10-12-45)49-22-6-7-23(24(14-22)32(36,37)38)29-25(34)13-20(16-43-29)46(31(2,3)17-47)30(50)44(4)26-8-5-19(15-42)27(28(26)35)33(39,40)41/h5-8,13-14,16-17,21H,9-12H2,1-4H3. The van der Waals surface area contributed by atoms with Gasteiger partial charge in [-0.2, -0.15) is 31.6 Å². The average molecular weight is 728 g/mol. The smallest absolute Gasteiger partial charge is 0.420 e. The number of aldehydes is 1. The third-order valence-corrected chi connectivity index (χ3v) is 8.51. The van der Waals surface area contributed by atoms with E-state index in [0.717, 1.165) is 53.4 Å². The van der Waals surface area contributed by atoms with Crippen LogP contribution in [0.1, 0.15) is 50.3 Å². The quantitative estimate of drug-likeness (QED) is 0.140. The maximum atomic E-state index is 15.8. The van der Waals surface area contributed by atoms with Crippen molar-refractivity contribution in [3.05, 3.63) is 70.9 Å². The van der Waals surface area contributed by atoms with E-state index in [0.29, 0.717) is 32.2 Å². The number of nitriles is 1. The molecule has 17 heteroatoms. The molecule has 50 heavy (non-hydrogen) atoms. The summed E-state index contributed by atoms with van der Waals surface area (Å²) < 4.78 is 121. The van der Waals surface area contributed by atoms with Crippen molar-refractivity contribution >= 4 is 40.9 Å². The van der Waals surface area contributed by atoms with Crippen LogP contribution in [0.5, 0.6) is 5.75 Å². The van der Waals surface area contributed by atoms with Crippen LogP contribution in [0.3, 0.4) is 0 Å². The van der Waals surface area contributed by atoms with Gasteiger partial charge >= 0.3 is 12.4 Å². The molecule has 0 unspecified atom stereocenters. The summed E-state index contributed by atoms with van der Waals surface area (Å²) in [5.41, 5.74) is -8.16. The normalized spacial score (nSPS) is 14.2. The Morgan fingerprint density at radius 2 is 1.70 bits per heavy atom. The minimum atomic E-state index is -5.26. The number of piperidine rings is 1. The highest BCUT2D eigenvalue weighted by Crippen LogP contribution is 2.41. The number of nitrogens with zero attached hydrogens (tertiary/aromatic N) is 5. The van der Waals surface area contributed by atoms with Gasteiger partial charge in [-0.25, -0.2) is 8.78 Å². The number of benzene rings is 2. The number of likely N-dealkylation sites (tertiary alicyclic amines) is 1. The maximum absolute atomic E-state index is 15.8. The van der Waals surface area contributed by atoms with E-state index in [4.69, 9.17) is 22.2 Å². The van der Waals surface area contributed by atoms with Crippen LogP contribution < -0.4 is 14.5 Å². The number of rotatable bonds is 7. The molecule has 0 aliphatic carbocycles. The minimum absolute atomic E-state index is 0.126. The molecule has 4 rings (SSSR count). The summed E-state index contributed by atoms with van der Waals surface area (Å²) >= 11 is 5.42. The summed E-state index contributed by atoms with van der Waals surface area (Å²) in [7, 11) is 1.07. The molecule has 2 heterocycles. The second kappa shape index (κ2) is 14.2. The first-order chi connectivity index (χ1) is 23.2. The number of amides is 1. The molecule has 266 valence electrons. The zero-order valence-corrected chi connectivity index (χ0v) is 27.7. The number of alkyl halides is 6. The molecule has 0 atom stereocenters. The molecule has 8 nitrogen and oxygen atoms in total. The molecule has 1 aliphatic rings. The Morgan fingerprint density at radius 1 is 1.06 bits per heavy atom. The van der Waals surface area contributed by atoms with Gasteiger partial charge in [0.1, 0.15) is 29.4 Å². The fourth-order valence-corrected chi connectivity index (χ4v) is 5.90. The molecule has 0 bridgehead atoms. The SMILES string of the molecule is CC(=O)N1CCC(Oc2ccc(-c3ncc(N(C(=S)N(C)c4ccc(C#N)c(C(F)(F)F)c4F)C(C)(C)C=O)cc3F)c(C(F)(F)F)c2)CC1. The highest BCUT2D eigenvalue weighted by Gasteiger charge is 2.41. The molecular formula is C33H29F8N5O3S. The van der Waals surface area contributed by atoms with E-state index < -0.39 is 74.4 Å². The van der Waals surface area contributed by atoms with Crippen molar-refractivity contribution in [3.8, 4) is 23.1 Å². The number of hydrogen-bond acceptors (Lipinski definition) is 6. The number of halogens is 8. The Bertz CT molecular complexity index is 1850. The lowest BCUT2D eigenvalue weighted by molar-refractivity contribution is -0.140. The number of hydrogen-bond donors (Lipinski definition) is 0. The fraction of sp³-hybridized carbons (Fsp3) is 0.364. The predicted octanol–water partition coefficient (Wildman–Crippen LogP) is 7.53. The Morgan fingerprint density at radius 3 is 2.22 bits per heavy atom. The van der Waals surface area contributed by atoms with Crippen molar-refractivity contribution in [2.75, 3.05) is 29.9 Å². The van der Waals surface area contributed by atoms with Gasteiger partial charge in [0.2, 0.25) is 5.91 Å². The van der Waals surface area contributed by atoms with Gasteiger partial charge < -0.3 is 24.2 Å². The number of thiocarbonyl (C=S) groups is 1. The molecular weight excluding hydrogens is 698 g/mol. The molecule has 1 saturated heterocycles. The van der Waals surface area contributed by atoms with Gasteiger partial charge in [0.25, 0.3) is 0 Å². The van der Waals surface area contributed by atoms with Crippen molar-refractivity contribution in [2.45, 2.75) is 57.6 Å². The number of carbonyl (C=O) groups excluding carboxylic acids is 2. The number of anilines is 2. The van der Waals surface area contributed by atoms with Crippen LogP contribution in [0, 0.1) is 23.0 Å². The molecule has 2 aromatic carbocycles. The molecule has 0 spiro atoms. The molecule has 0 saturated carbocycles. The van der Waals surface area contributed by atoms with E-state index in [1.165, 1.54) is 32.9 Å². The second-order valence-electron chi connectivity index (χ2n) is 11.9. The lowest BCUT2D eigenvalue weighted by Gasteiger charge is -2.39. The Kier molecular flexibility index (Phi) is 10.8. The van der Waals surface area contributed by atoms with E-state index >= 15 is 8.78 Å². The van der Waals surface area contributed by atoms with Gasteiger partial charge in [0.15, 0.2) is 16.7 Å². The summed E-state index contributed by atoms with van der Waals surface area (Å²) in [4.78, 5) is 30.9. The average Bonchev–Trinajstić information content (AvgIpc) is 3.03. The van der Waals surface area contributed by atoms with Gasteiger partial charge in [0.05, 0.1) is 40.3 Å². The number of aromatic nitrogens is 1. The van der Waals surface area contributed by atoms with E-state index in [2.05, 4.69) is 4.98 Å². The van der Waals surface area contributed by atoms with Crippen LogP contribution in [-0.2, 0) is 21.9 Å². The van der Waals surface area contributed by atoms with E-state index in [1.807, 2.05) is 0 Å². The number of pyridine rings is 1. The zero-order valence-electron chi connectivity index (χ0n) is 26.9. The first kappa shape index (κ1) is 38.0. The lowest BCUT2D eigenvalue weighted by atomic mass is 10.0. The Hall–Kier alpha value is -4.85. The highest BCUT2D eigenvalue weighted by atomic mass is 32.1. The molecule has 0 N–H and O–H groups in total.